The number of rotatable bonds is 19. The zero-order chi connectivity index (χ0) is 20.5. The predicted octanol–water partition coefficient (Wildman–Crippen LogP) is -0.241. The summed E-state index contributed by atoms with van der Waals surface area (Å²) in [7, 11) is -9.48. The van der Waals surface area contributed by atoms with E-state index in [1.165, 1.54) is 6.26 Å². The highest BCUT2D eigenvalue weighted by molar-refractivity contribution is 6.90. The van der Waals surface area contributed by atoms with Gasteiger partial charge in [-0.15, -0.1) is 0 Å². The number of nitrogens with one attached hydrogen (secondary N) is 6. The van der Waals surface area contributed by atoms with E-state index in [9.17, 15) is 0 Å². The molecule has 0 unspecified atom stereocenters. The topological polar surface area (TPSA) is 208 Å². The third-order valence-electron chi connectivity index (χ3n) is 3.24. The highest BCUT2D eigenvalue weighted by Crippen LogP contribution is 2.42. The molecule has 0 radical (unpaired) electrons. The largest absolute Gasteiger partial charge is 0.505 e. The maximum Gasteiger partial charge on any atom is 0.460 e. The first-order valence-electron chi connectivity index (χ1n) is 7.21. The van der Waals surface area contributed by atoms with Crippen LogP contribution in [0.15, 0.2) is 12.8 Å². The Balaban J connectivity index is 6.51. The summed E-state index contributed by atoms with van der Waals surface area (Å²) >= 11 is 0. The van der Waals surface area contributed by atoms with Gasteiger partial charge in [-0.1, -0.05) is 6.58 Å². The van der Waals surface area contributed by atoms with Crippen molar-refractivity contribution >= 4 is 66.3 Å². The van der Waals surface area contributed by atoms with Crippen molar-refractivity contribution in [2.24, 2.45) is 0 Å². The number of ether oxygens (including phenoxy) is 1. The maximum atomic E-state index is 7.27. The molecule has 0 aromatic rings. The van der Waals surface area contributed by atoms with Gasteiger partial charge in [-0.3, -0.25) is 32.5 Å². The normalized spacial score (nSPS) is 15.1. The van der Waals surface area contributed by atoms with E-state index >= 15 is 0 Å². The van der Waals surface area contributed by atoms with E-state index in [0.717, 1.165) is 0 Å². The van der Waals surface area contributed by atoms with Gasteiger partial charge in [0.25, 0.3) is 0 Å². The van der Waals surface area contributed by atoms with Crippen LogP contribution >= 0.6 is 0 Å². The molecule has 0 saturated heterocycles. The minimum Gasteiger partial charge on any atom is -0.505 e. The van der Waals surface area contributed by atoms with Gasteiger partial charge < -0.3 is 31.3 Å². The van der Waals surface area contributed by atoms with Gasteiger partial charge in [0.05, 0.1) is 12.9 Å². The van der Waals surface area contributed by atoms with Crippen LogP contribution in [-0.2, 0) is 31.3 Å². The fourth-order valence-corrected chi connectivity index (χ4v) is 11.2. The minimum atomic E-state index is -3.16. The monoisotopic (exact) mass is 434 g/mol. The Morgan fingerprint density at radius 2 is 0.926 bits per heavy atom. The van der Waals surface area contributed by atoms with E-state index in [4.69, 9.17) is 63.7 Å². The van der Waals surface area contributed by atoms with Gasteiger partial charge in [0, 0.05) is 0 Å². The quantitative estimate of drug-likeness (QED) is 0.0527. The molecule has 6 N–H and O–H groups in total. The van der Waals surface area contributed by atoms with Crippen LogP contribution in [0.4, 0.5) is 0 Å². The van der Waals surface area contributed by atoms with Crippen LogP contribution in [0, 0.1) is 32.5 Å². The summed E-state index contributed by atoms with van der Waals surface area (Å²) in [6.45, 7) is 3.46. The van der Waals surface area contributed by atoms with Crippen LogP contribution in [0.25, 0.3) is 0 Å². The van der Waals surface area contributed by atoms with Gasteiger partial charge in [0.1, 0.15) is 0 Å². The average Bonchev–Trinajstić information content (AvgIpc) is 2.65. The first-order chi connectivity index (χ1) is 13.1. The third kappa shape index (κ3) is 6.67. The second-order valence-corrected chi connectivity index (χ2v) is 13.3. The molecule has 0 saturated carbocycles. The molecule has 0 aliphatic carbocycles. The highest BCUT2D eigenvalue weighted by atomic mass is 28.4. The fourth-order valence-electron chi connectivity index (χ4n) is 2.23. The van der Waals surface area contributed by atoms with Crippen molar-refractivity contribution in [1.29, 1.82) is 32.5 Å². The standard InChI is InChI=1S/C11H22N6O7Si3/c1-2-18-4-3-11(25(19-5-12)20-6-13,26(21-7-14)22-8-15)27(23-9-16)24-10-17/h2,5-10,12-17,25-27H,1,3-4H2. The molecule has 0 bridgehead atoms. The van der Waals surface area contributed by atoms with Gasteiger partial charge in [0.15, 0.2) is 42.7 Å². The molecule has 0 aromatic carbocycles. The lowest BCUT2D eigenvalue weighted by molar-refractivity contribution is 0.224. The Hall–Kier alpha value is -2.99. The highest BCUT2D eigenvalue weighted by Gasteiger charge is 2.67. The van der Waals surface area contributed by atoms with E-state index in [2.05, 4.69) is 6.58 Å². The summed E-state index contributed by atoms with van der Waals surface area (Å²) in [5.41, 5.74) is 0. The van der Waals surface area contributed by atoms with E-state index < -0.39 is 32.1 Å². The SMILES string of the molecule is C=COCCC([SiH](OC=N)OC=N)([SiH](OC=N)OC=N)[SiH](OC=N)OC=N. The molecule has 0 aliphatic rings. The van der Waals surface area contributed by atoms with E-state index in [0.29, 0.717) is 38.4 Å². The van der Waals surface area contributed by atoms with E-state index in [-0.39, 0.29) is 13.0 Å². The summed E-state index contributed by atoms with van der Waals surface area (Å²) in [5.74, 6) is 0. The van der Waals surface area contributed by atoms with Crippen molar-refractivity contribution in [3.8, 4) is 0 Å². The Bertz CT molecular complexity index is 439. The molecule has 0 spiro atoms. The lowest BCUT2D eigenvalue weighted by Gasteiger charge is -2.40. The fraction of sp³-hybridized carbons (Fsp3) is 0.273. The molecular weight excluding hydrogens is 412 g/mol. The molecule has 0 heterocycles. The molecule has 13 nitrogen and oxygen atoms in total. The Kier molecular flexibility index (Phi) is 12.6. The van der Waals surface area contributed by atoms with E-state index in [1.54, 1.807) is 0 Å². The third-order valence-corrected chi connectivity index (χ3v) is 13.9. The average molecular weight is 435 g/mol. The van der Waals surface area contributed by atoms with Crippen LogP contribution < -0.4 is 0 Å². The van der Waals surface area contributed by atoms with Crippen molar-refractivity contribution in [2.75, 3.05) is 6.61 Å². The Morgan fingerprint density at radius 1 is 0.630 bits per heavy atom. The zero-order valence-electron chi connectivity index (χ0n) is 14.3. The first kappa shape index (κ1) is 24.0. The molecule has 0 rings (SSSR count). The lowest BCUT2D eigenvalue weighted by Crippen LogP contribution is -2.61. The van der Waals surface area contributed by atoms with E-state index in [1.807, 2.05) is 0 Å². The van der Waals surface area contributed by atoms with Crippen LogP contribution in [0.2, 0.25) is 4.28 Å². The Labute approximate surface area is 160 Å². The van der Waals surface area contributed by atoms with Crippen molar-refractivity contribution in [1.82, 2.24) is 0 Å². The molecule has 0 aromatic heterocycles. The summed E-state index contributed by atoms with van der Waals surface area (Å²) in [6.07, 6.45) is 4.92. The van der Waals surface area contributed by atoms with Crippen LogP contribution in [-0.4, -0.2) is 72.9 Å². The van der Waals surface area contributed by atoms with Crippen molar-refractivity contribution in [3.63, 3.8) is 0 Å². The summed E-state index contributed by atoms with van der Waals surface area (Å²) < 4.78 is 35.6. The van der Waals surface area contributed by atoms with Gasteiger partial charge in [-0.05, 0) is 6.42 Å². The summed E-state index contributed by atoms with van der Waals surface area (Å²) in [4.78, 5) is 0. The number of hydrogen-bond donors (Lipinski definition) is 6. The van der Waals surface area contributed by atoms with Gasteiger partial charge >= 0.3 is 27.9 Å². The predicted molar refractivity (Wildman–Crippen MR) is 104 cm³/mol. The molecule has 0 atom stereocenters. The van der Waals surface area contributed by atoms with Gasteiger partial charge in [-0.25, -0.2) is 0 Å². The van der Waals surface area contributed by atoms with Crippen molar-refractivity contribution in [3.05, 3.63) is 12.8 Å². The van der Waals surface area contributed by atoms with Crippen molar-refractivity contribution < 1.29 is 31.3 Å². The molecule has 0 amide bonds. The zero-order valence-corrected chi connectivity index (χ0v) is 17.7. The first-order valence-corrected chi connectivity index (χ1v) is 11.8. The lowest BCUT2D eigenvalue weighted by atomic mass is 10.5. The van der Waals surface area contributed by atoms with Crippen LogP contribution in [0.1, 0.15) is 6.42 Å². The van der Waals surface area contributed by atoms with Gasteiger partial charge in [0.2, 0.25) is 0 Å². The number of hydrogen-bond acceptors (Lipinski definition) is 13. The molecular formula is C11H22N6O7Si3. The van der Waals surface area contributed by atoms with Crippen LogP contribution in [0.5, 0.6) is 0 Å². The Morgan fingerprint density at radius 3 is 1.15 bits per heavy atom. The second kappa shape index (κ2) is 14.2. The maximum absolute atomic E-state index is 7.27. The molecule has 0 aliphatic heterocycles. The van der Waals surface area contributed by atoms with Crippen molar-refractivity contribution in [2.45, 2.75) is 10.7 Å². The second-order valence-electron chi connectivity index (χ2n) is 4.42. The van der Waals surface area contributed by atoms with Crippen LogP contribution in [0.3, 0.4) is 0 Å². The minimum absolute atomic E-state index is 0.0220. The summed E-state index contributed by atoms with van der Waals surface area (Å²) in [6, 6.07) is 0. The smallest absolute Gasteiger partial charge is 0.460 e. The molecule has 150 valence electrons. The molecule has 16 heteroatoms. The summed E-state index contributed by atoms with van der Waals surface area (Å²) in [5, 5.41) is 43.6. The molecule has 0 fully saturated rings. The molecule has 27 heavy (non-hydrogen) atoms. The van der Waals surface area contributed by atoms with Gasteiger partial charge in [-0.2, -0.15) is 0 Å².